The summed E-state index contributed by atoms with van der Waals surface area (Å²) < 4.78 is 14.9. The number of halogens is 3. The fourth-order valence-corrected chi connectivity index (χ4v) is 3.45. The van der Waals surface area contributed by atoms with Crippen molar-refractivity contribution in [3.8, 4) is 0 Å². The average Bonchev–Trinajstić information content (AvgIpc) is 3.10. The van der Waals surface area contributed by atoms with Crippen molar-refractivity contribution in [2.45, 2.75) is 6.42 Å². The Bertz CT molecular complexity index is 1190. The molecule has 29 heavy (non-hydrogen) atoms. The Morgan fingerprint density at radius 2 is 1.72 bits per heavy atom. The first-order valence-corrected chi connectivity index (χ1v) is 9.61. The van der Waals surface area contributed by atoms with Gasteiger partial charge in [-0.1, -0.05) is 35.3 Å². The molecule has 146 valence electrons. The molecule has 0 radical (unpaired) electrons. The maximum atomic E-state index is 13.0. The predicted octanol–water partition coefficient (Wildman–Crippen LogP) is 6.62. The molecule has 4 aromatic rings. The van der Waals surface area contributed by atoms with E-state index in [1.54, 1.807) is 12.1 Å². The van der Waals surface area contributed by atoms with Gasteiger partial charge in [-0.25, -0.2) is 9.18 Å². The number of nitrogens with zero attached hydrogens (tertiary/aromatic N) is 1. The third-order valence-corrected chi connectivity index (χ3v) is 5.24. The van der Waals surface area contributed by atoms with Crippen LogP contribution in [0.25, 0.3) is 5.52 Å². The number of fused-ring (bicyclic) bond motifs is 1. The molecular formula is C22H16Cl2FN3O. The summed E-state index contributed by atoms with van der Waals surface area (Å²) in [5, 5.41) is 6.55. The van der Waals surface area contributed by atoms with Crippen molar-refractivity contribution >= 4 is 46.3 Å². The number of pyridine rings is 1. The summed E-state index contributed by atoms with van der Waals surface area (Å²) in [4.78, 5) is 12.3. The summed E-state index contributed by atoms with van der Waals surface area (Å²) in [5.74, 6) is 0.255. The number of carbonyl (C=O) groups is 1. The summed E-state index contributed by atoms with van der Waals surface area (Å²) in [5.41, 5.74) is 3.60. The molecule has 2 aromatic carbocycles. The van der Waals surface area contributed by atoms with Gasteiger partial charge in [0.15, 0.2) is 0 Å². The van der Waals surface area contributed by atoms with Crippen LogP contribution in [0.5, 0.6) is 0 Å². The normalized spacial score (nSPS) is 10.9. The van der Waals surface area contributed by atoms with Crippen molar-refractivity contribution in [1.82, 2.24) is 4.40 Å². The van der Waals surface area contributed by atoms with Crippen molar-refractivity contribution < 1.29 is 9.18 Å². The fraction of sp³-hybridized carbons (Fsp3) is 0.0455. The van der Waals surface area contributed by atoms with Crippen LogP contribution in [0.15, 0.2) is 72.9 Å². The molecule has 0 atom stereocenters. The van der Waals surface area contributed by atoms with E-state index >= 15 is 0 Å². The van der Waals surface area contributed by atoms with Crippen molar-refractivity contribution in [1.29, 1.82) is 0 Å². The van der Waals surface area contributed by atoms with E-state index < -0.39 is 6.03 Å². The summed E-state index contributed by atoms with van der Waals surface area (Å²) in [6, 6.07) is 18.4. The maximum absolute atomic E-state index is 13.0. The van der Waals surface area contributed by atoms with E-state index in [1.807, 2.05) is 40.9 Å². The molecule has 0 bridgehead atoms. The maximum Gasteiger partial charge on any atom is 0.324 e. The number of rotatable bonds is 4. The number of benzene rings is 2. The molecular weight excluding hydrogens is 412 g/mol. The van der Waals surface area contributed by atoms with Crippen molar-refractivity contribution in [3.63, 3.8) is 0 Å². The summed E-state index contributed by atoms with van der Waals surface area (Å²) in [6.45, 7) is 0. The third kappa shape index (κ3) is 4.36. The molecule has 2 aromatic heterocycles. The lowest BCUT2D eigenvalue weighted by atomic mass is 10.1. The fourth-order valence-electron chi connectivity index (χ4n) is 3.13. The quantitative estimate of drug-likeness (QED) is 0.377. The number of carbonyl (C=O) groups excluding carboxylic acids is 1. The first kappa shape index (κ1) is 19.3. The van der Waals surface area contributed by atoms with Crippen LogP contribution in [0.4, 0.5) is 20.7 Å². The molecule has 4 nitrogen and oxygen atoms in total. The zero-order valence-electron chi connectivity index (χ0n) is 15.1. The Balaban J connectivity index is 1.54. The molecule has 0 aliphatic heterocycles. The van der Waals surface area contributed by atoms with E-state index in [9.17, 15) is 9.18 Å². The Morgan fingerprint density at radius 3 is 2.48 bits per heavy atom. The molecule has 2 N–H and O–H groups in total. The molecule has 2 amide bonds. The second-order valence-electron chi connectivity index (χ2n) is 6.52. The van der Waals surface area contributed by atoms with Gasteiger partial charge in [0.1, 0.15) is 11.6 Å². The van der Waals surface area contributed by atoms with Crippen LogP contribution in [0.2, 0.25) is 10.0 Å². The van der Waals surface area contributed by atoms with Crippen molar-refractivity contribution in [2.75, 3.05) is 10.6 Å². The van der Waals surface area contributed by atoms with Gasteiger partial charge in [-0.15, -0.1) is 0 Å². The van der Waals surface area contributed by atoms with Gasteiger partial charge in [0.2, 0.25) is 0 Å². The molecule has 0 aliphatic carbocycles. The van der Waals surface area contributed by atoms with Crippen LogP contribution in [-0.4, -0.2) is 10.4 Å². The van der Waals surface area contributed by atoms with E-state index in [4.69, 9.17) is 23.2 Å². The number of aromatic nitrogens is 1. The van der Waals surface area contributed by atoms with Gasteiger partial charge in [0.25, 0.3) is 0 Å². The first-order chi connectivity index (χ1) is 14.0. The second kappa shape index (κ2) is 8.15. The SMILES string of the molecule is O=C(Nc1ccc(F)cc1)Nc1cccc2c(Cc3ccc(Cl)c(Cl)c3)ccn12. The van der Waals surface area contributed by atoms with Gasteiger partial charge in [-0.2, -0.15) is 0 Å². The molecule has 2 heterocycles. The zero-order chi connectivity index (χ0) is 20.4. The van der Waals surface area contributed by atoms with E-state index in [1.165, 1.54) is 24.3 Å². The Morgan fingerprint density at radius 1 is 0.931 bits per heavy atom. The first-order valence-electron chi connectivity index (χ1n) is 8.86. The van der Waals surface area contributed by atoms with E-state index in [0.29, 0.717) is 28.0 Å². The topological polar surface area (TPSA) is 45.5 Å². The molecule has 0 fully saturated rings. The van der Waals surface area contributed by atoms with Crippen LogP contribution < -0.4 is 10.6 Å². The highest BCUT2D eigenvalue weighted by Gasteiger charge is 2.10. The van der Waals surface area contributed by atoms with E-state index in [-0.39, 0.29) is 5.82 Å². The third-order valence-electron chi connectivity index (χ3n) is 4.50. The van der Waals surface area contributed by atoms with E-state index in [2.05, 4.69) is 10.6 Å². The molecule has 0 aliphatic rings. The lowest BCUT2D eigenvalue weighted by Gasteiger charge is -2.10. The zero-order valence-corrected chi connectivity index (χ0v) is 16.6. The standard InChI is InChI=1S/C22H16Cl2FN3O/c23-18-9-4-14(13-19(18)24)12-15-10-11-28-20(15)2-1-3-21(28)27-22(29)26-17-7-5-16(25)6-8-17/h1-11,13H,12H2,(H2,26,27,29). The van der Waals surface area contributed by atoms with Gasteiger partial charge in [0.05, 0.1) is 15.6 Å². The summed E-state index contributed by atoms with van der Waals surface area (Å²) in [7, 11) is 0. The Labute approximate surface area is 176 Å². The van der Waals surface area contributed by atoms with Crippen molar-refractivity contribution in [2.24, 2.45) is 0 Å². The Hall–Kier alpha value is -3.02. The monoisotopic (exact) mass is 427 g/mol. The molecule has 0 spiro atoms. The molecule has 7 heteroatoms. The van der Waals surface area contributed by atoms with Gasteiger partial charge < -0.3 is 9.72 Å². The molecule has 0 saturated carbocycles. The Kier molecular flexibility index (Phi) is 5.43. The van der Waals surface area contributed by atoms with Crippen LogP contribution >= 0.6 is 23.2 Å². The lowest BCUT2D eigenvalue weighted by Crippen LogP contribution is -2.20. The number of amides is 2. The summed E-state index contributed by atoms with van der Waals surface area (Å²) in [6.07, 6.45) is 2.58. The van der Waals surface area contributed by atoms with Gasteiger partial charge >= 0.3 is 6.03 Å². The average molecular weight is 428 g/mol. The van der Waals surface area contributed by atoms with Gasteiger partial charge in [-0.3, -0.25) is 5.32 Å². The highest BCUT2D eigenvalue weighted by atomic mass is 35.5. The lowest BCUT2D eigenvalue weighted by molar-refractivity contribution is 0.262. The number of hydrogen-bond acceptors (Lipinski definition) is 1. The predicted molar refractivity (Wildman–Crippen MR) is 116 cm³/mol. The number of urea groups is 1. The van der Waals surface area contributed by atoms with Crippen molar-refractivity contribution in [3.05, 3.63) is 99.9 Å². The smallest absolute Gasteiger partial charge is 0.308 e. The number of anilines is 2. The summed E-state index contributed by atoms with van der Waals surface area (Å²) >= 11 is 12.1. The molecule has 4 rings (SSSR count). The van der Waals surface area contributed by atoms with Crippen LogP contribution in [0, 0.1) is 5.82 Å². The highest BCUT2D eigenvalue weighted by molar-refractivity contribution is 6.42. The molecule has 0 saturated heterocycles. The minimum Gasteiger partial charge on any atom is -0.308 e. The van der Waals surface area contributed by atoms with Crippen LogP contribution in [-0.2, 0) is 6.42 Å². The van der Waals surface area contributed by atoms with E-state index in [0.717, 1.165) is 16.6 Å². The van der Waals surface area contributed by atoms with Crippen LogP contribution in [0.1, 0.15) is 11.1 Å². The minimum absolute atomic E-state index is 0.359. The van der Waals surface area contributed by atoms with Crippen LogP contribution in [0.3, 0.4) is 0 Å². The van der Waals surface area contributed by atoms with Gasteiger partial charge in [-0.05, 0) is 72.1 Å². The van der Waals surface area contributed by atoms with Gasteiger partial charge in [0, 0.05) is 11.9 Å². The minimum atomic E-state index is -0.413. The number of nitrogens with one attached hydrogen (secondary N) is 2. The number of hydrogen-bond donors (Lipinski definition) is 2. The highest BCUT2D eigenvalue weighted by Crippen LogP contribution is 2.26. The second-order valence-corrected chi connectivity index (χ2v) is 7.33. The largest absolute Gasteiger partial charge is 0.324 e. The molecule has 0 unspecified atom stereocenters.